The second-order valence-electron chi connectivity index (χ2n) is 4.62. The first kappa shape index (κ1) is 21.9. The fraction of sp³-hybridized carbons (Fsp3) is 0.692. The lowest BCUT2D eigenvalue weighted by atomic mass is 9.94. The largest absolute Gasteiger partial charge is 0.349 e. The molecule has 118 valence electrons. The van der Waals surface area contributed by atoms with Gasteiger partial charge in [0.2, 0.25) is 0 Å². The van der Waals surface area contributed by atoms with E-state index in [1.807, 2.05) is 13.8 Å². The number of nitrogens with zero attached hydrogens (tertiary/aromatic N) is 1. The number of amides is 1. The lowest BCUT2D eigenvalue weighted by molar-refractivity contribution is 0.0946. The number of carbonyl (C=O) groups excluding carboxylic acids is 1. The zero-order valence-corrected chi connectivity index (χ0v) is 14.7. The van der Waals surface area contributed by atoms with Crippen LogP contribution in [0.2, 0.25) is 0 Å². The molecular weight excluding hydrogens is 317 g/mol. The number of aromatic nitrogens is 1. The Labute approximate surface area is 137 Å². The van der Waals surface area contributed by atoms with Crippen molar-refractivity contribution in [2.75, 3.05) is 6.54 Å². The first-order chi connectivity index (χ1) is 8.54. The Kier molecular flexibility index (Phi) is 11.4. The summed E-state index contributed by atoms with van der Waals surface area (Å²) in [5.41, 5.74) is 5.85. The maximum Gasteiger partial charge on any atom is 0.263 e. The molecule has 0 aliphatic carbocycles. The minimum absolute atomic E-state index is 0. The fourth-order valence-electron chi connectivity index (χ4n) is 1.59. The summed E-state index contributed by atoms with van der Waals surface area (Å²) >= 11 is 1.47. The summed E-state index contributed by atoms with van der Waals surface area (Å²) in [6.45, 7) is 6.70. The Balaban J connectivity index is 0. The van der Waals surface area contributed by atoms with Crippen LogP contribution < -0.4 is 11.1 Å². The summed E-state index contributed by atoms with van der Waals surface area (Å²) in [5.74, 6) is -0.0634. The minimum atomic E-state index is -0.299. The summed E-state index contributed by atoms with van der Waals surface area (Å²) in [6.07, 6.45) is 5.34. The third kappa shape index (κ3) is 6.39. The number of aryl methyl sites for hydroxylation is 1. The van der Waals surface area contributed by atoms with E-state index in [4.69, 9.17) is 5.73 Å². The average Bonchev–Trinajstić information content (AvgIpc) is 2.85. The van der Waals surface area contributed by atoms with E-state index in [1.165, 1.54) is 11.3 Å². The molecule has 0 aliphatic heterocycles. The molecule has 1 heterocycles. The smallest absolute Gasteiger partial charge is 0.263 e. The molecule has 3 N–H and O–H groups in total. The molecule has 0 aliphatic rings. The van der Waals surface area contributed by atoms with Gasteiger partial charge >= 0.3 is 0 Å². The lowest BCUT2D eigenvalue weighted by Crippen LogP contribution is -2.49. The number of hydrogen-bond donors (Lipinski definition) is 2. The Bertz CT molecular complexity index is 395. The van der Waals surface area contributed by atoms with Crippen molar-refractivity contribution >= 4 is 42.1 Å². The highest BCUT2D eigenvalue weighted by molar-refractivity contribution is 7.13. The number of halogens is 2. The number of rotatable bonds is 7. The first-order valence-corrected chi connectivity index (χ1v) is 7.38. The molecule has 0 bridgehead atoms. The standard InChI is InChI=1S/C13H23N3OS.2ClH/c1-4-7-11-15-8-10(18-11)12(17)16-9-13(14,5-2)6-3;;/h8H,4-7,9,14H2,1-3H3,(H,16,17);2*1H. The van der Waals surface area contributed by atoms with E-state index in [9.17, 15) is 4.79 Å². The van der Waals surface area contributed by atoms with Crippen LogP contribution in [0, 0.1) is 0 Å². The number of nitrogens with two attached hydrogens (primary N) is 1. The van der Waals surface area contributed by atoms with Crippen LogP contribution in [0.4, 0.5) is 0 Å². The van der Waals surface area contributed by atoms with E-state index in [0.717, 1.165) is 30.7 Å². The highest BCUT2D eigenvalue weighted by atomic mass is 35.5. The number of thiazole rings is 1. The van der Waals surface area contributed by atoms with Gasteiger partial charge in [0.15, 0.2) is 0 Å². The number of carbonyl (C=O) groups is 1. The van der Waals surface area contributed by atoms with Gasteiger partial charge in [-0.1, -0.05) is 20.8 Å². The molecule has 0 atom stereocenters. The van der Waals surface area contributed by atoms with Crippen LogP contribution in [-0.2, 0) is 6.42 Å². The van der Waals surface area contributed by atoms with Crippen molar-refractivity contribution in [1.29, 1.82) is 0 Å². The van der Waals surface area contributed by atoms with Crippen molar-refractivity contribution in [1.82, 2.24) is 10.3 Å². The molecule has 1 rings (SSSR count). The van der Waals surface area contributed by atoms with E-state index >= 15 is 0 Å². The Morgan fingerprint density at radius 3 is 2.45 bits per heavy atom. The van der Waals surface area contributed by atoms with Gasteiger partial charge in [-0.2, -0.15) is 0 Å². The van der Waals surface area contributed by atoms with Gasteiger partial charge in [0.1, 0.15) is 4.88 Å². The van der Waals surface area contributed by atoms with Crippen molar-refractivity contribution in [3.05, 3.63) is 16.1 Å². The molecule has 1 amide bonds. The lowest BCUT2D eigenvalue weighted by Gasteiger charge is -2.26. The van der Waals surface area contributed by atoms with Crippen molar-refractivity contribution in [2.24, 2.45) is 5.73 Å². The normalized spacial score (nSPS) is 10.4. The number of hydrogen-bond acceptors (Lipinski definition) is 4. The van der Waals surface area contributed by atoms with Crippen molar-refractivity contribution in [3.8, 4) is 0 Å². The van der Waals surface area contributed by atoms with Crippen LogP contribution in [0.25, 0.3) is 0 Å². The van der Waals surface area contributed by atoms with Gasteiger partial charge < -0.3 is 11.1 Å². The molecule has 0 spiro atoms. The molecule has 0 radical (unpaired) electrons. The zero-order valence-electron chi connectivity index (χ0n) is 12.3. The highest BCUT2D eigenvalue weighted by Crippen LogP contribution is 2.15. The zero-order chi connectivity index (χ0) is 13.6. The van der Waals surface area contributed by atoms with Crippen LogP contribution in [0.15, 0.2) is 6.20 Å². The topological polar surface area (TPSA) is 68.0 Å². The molecule has 1 aromatic heterocycles. The molecule has 0 saturated heterocycles. The van der Waals surface area contributed by atoms with Crippen LogP contribution in [-0.4, -0.2) is 23.0 Å². The van der Waals surface area contributed by atoms with Gasteiger partial charge in [0, 0.05) is 12.1 Å². The Hall–Kier alpha value is -0.360. The number of nitrogens with one attached hydrogen (secondary N) is 1. The van der Waals surface area contributed by atoms with E-state index in [-0.39, 0.29) is 36.3 Å². The molecule has 20 heavy (non-hydrogen) atoms. The molecule has 0 saturated carbocycles. The molecule has 1 aromatic rings. The maximum absolute atomic E-state index is 11.9. The van der Waals surface area contributed by atoms with Crippen molar-refractivity contribution < 1.29 is 4.79 Å². The van der Waals surface area contributed by atoms with Gasteiger partial charge in [-0.15, -0.1) is 36.2 Å². The Morgan fingerprint density at radius 2 is 1.95 bits per heavy atom. The minimum Gasteiger partial charge on any atom is -0.349 e. The van der Waals surface area contributed by atoms with Gasteiger partial charge in [0.05, 0.1) is 11.2 Å². The average molecular weight is 342 g/mol. The monoisotopic (exact) mass is 341 g/mol. The van der Waals surface area contributed by atoms with E-state index in [0.29, 0.717) is 11.4 Å². The highest BCUT2D eigenvalue weighted by Gasteiger charge is 2.21. The predicted octanol–water partition coefficient (Wildman–Crippen LogP) is 3.19. The summed E-state index contributed by atoms with van der Waals surface area (Å²) < 4.78 is 0. The van der Waals surface area contributed by atoms with Gasteiger partial charge in [-0.25, -0.2) is 4.98 Å². The van der Waals surface area contributed by atoms with Crippen LogP contribution in [0.3, 0.4) is 0 Å². The third-order valence-corrected chi connectivity index (χ3v) is 4.31. The van der Waals surface area contributed by atoms with Gasteiger partial charge in [-0.3, -0.25) is 4.79 Å². The summed E-state index contributed by atoms with van der Waals surface area (Å²) in [5, 5.41) is 3.92. The molecular formula is C13H25Cl2N3OS. The maximum atomic E-state index is 11.9. The van der Waals surface area contributed by atoms with E-state index < -0.39 is 0 Å². The molecule has 7 heteroatoms. The van der Waals surface area contributed by atoms with E-state index in [2.05, 4.69) is 17.2 Å². The molecule has 0 fully saturated rings. The quantitative estimate of drug-likeness (QED) is 0.800. The second kappa shape index (κ2) is 10.4. The van der Waals surface area contributed by atoms with Gasteiger partial charge in [-0.05, 0) is 25.7 Å². The van der Waals surface area contributed by atoms with E-state index in [1.54, 1.807) is 6.20 Å². The fourth-order valence-corrected chi connectivity index (χ4v) is 2.52. The molecule has 0 aromatic carbocycles. The first-order valence-electron chi connectivity index (χ1n) is 6.56. The third-order valence-electron chi connectivity index (χ3n) is 3.25. The van der Waals surface area contributed by atoms with Crippen LogP contribution >= 0.6 is 36.2 Å². The Morgan fingerprint density at radius 1 is 1.35 bits per heavy atom. The molecule has 0 unspecified atom stereocenters. The van der Waals surface area contributed by atoms with Gasteiger partial charge in [0.25, 0.3) is 5.91 Å². The summed E-state index contributed by atoms with van der Waals surface area (Å²) in [7, 11) is 0. The summed E-state index contributed by atoms with van der Waals surface area (Å²) in [6, 6.07) is 0. The SMILES string of the molecule is CCCc1ncc(C(=O)NCC(N)(CC)CC)s1.Cl.Cl. The van der Waals surface area contributed by atoms with Crippen LogP contribution in [0.5, 0.6) is 0 Å². The summed E-state index contributed by atoms with van der Waals surface area (Å²) in [4.78, 5) is 16.9. The molecule has 4 nitrogen and oxygen atoms in total. The predicted molar refractivity (Wildman–Crippen MR) is 90.4 cm³/mol. The van der Waals surface area contributed by atoms with Crippen molar-refractivity contribution in [3.63, 3.8) is 0 Å². The van der Waals surface area contributed by atoms with Crippen molar-refractivity contribution in [2.45, 2.75) is 52.0 Å². The second-order valence-corrected chi connectivity index (χ2v) is 5.74. The van der Waals surface area contributed by atoms with Crippen LogP contribution in [0.1, 0.15) is 54.7 Å².